The van der Waals surface area contributed by atoms with Crippen LogP contribution in [0, 0.1) is 0 Å². The third-order valence-electron chi connectivity index (χ3n) is 0. The van der Waals surface area contributed by atoms with E-state index in [1.165, 1.54) is 0 Å². The second kappa shape index (κ2) is 47.2. The van der Waals surface area contributed by atoms with Crippen molar-refractivity contribution in [3.05, 3.63) is 0 Å². The van der Waals surface area contributed by atoms with Gasteiger partial charge in [0.2, 0.25) is 0 Å². The Morgan fingerprint density at radius 3 is 0.571 bits per heavy atom. The molecule has 7 heavy (non-hydrogen) atoms. The van der Waals surface area contributed by atoms with Crippen LogP contribution in [0.4, 0.5) is 0 Å². The Morgan fingerprint density at radius 1 is 0.571 bits per heavy atom. The van der Waals surface area contributed by atoms with Crippen LogP contribution < -0.4 is 118 Å². The van der Waals surface area contributed by atoms with Crippen molar-refractivity contribution in [1.29, 1.82) is 0 Å². The predicted molar refractivity (Wildman–Crippen MR) is 3.60 cm³/mol. The van der Waals surface area contributed by atoms with Gasteiger partial charge >= 0.3 is 135 Å². The van der Waals surface area contributed by atoms with Gasteiger partial charge in [-0.3, -0.25) is 0 Å². The molecule has 0 aliphatic carbocycles. The average Bonchev–Trinajstić information content (AvgIpc) is 0. The van der Waals surface area contributed by atoms with Crippen LogP contribution in [0.15, 0.2) is 0 Å². The van der Waals surface area contributed by atoms with E-state index in [0.29, 0.717) is 0 Å². The summed E-state index contributed by atoms with van der Waals surface area (Å²) in [5.41, 5.74) is 0. The van der Waals surface area contributed by atoms with Crippen molar-refractivity contribution in [2.24, 2.45) is 0 Å². The van der Waals surface area contributed by atoms with Gasteiger partial charge in [-0.15, -0.1) is 0 Å². The van der Waals surface area contributed by atoms with Crippen LogP contribution in [0.2, 0.25) is 0 Å². The Labute approximate surface area is 146 Å². The van der Waals surface area contributed by atoms with Gasteiger partial charge in [0.25, 0.3) is 0 Å². The summed E-state index contributed by atoms with van der Waals surface area (Å²) in [5, 5.41) is 0. The third kappa shape index (κ3) is 37.7. The molecule has 0 saturated carbocycles. The second-order valence-corrected chi connectivity index (χ2v) is 0. The number of hydrogen-bond donors (Lipinski definition) is 0. The van der Waals surface area contributed by atoms with E-state index < -0.39 is 0 Å². The molecule has 0 aromatic heterocycles. The second-order valence-electron chi connectivity index (χ2n) is 0. The standard InChI is InChI=1S/Mn.4Na.2O.2H/q+2;4*+1;2*-2;2*-1. The van der Waals surface area contributed by atoms with Crippen molar-refractivity contribution in [3.8, 4) is 0 Å². The van der Waals surface area contributed by atoms with Crippen molar-refractivity contribution >= 4 is 0 Å². The molecule has 0 aromatic rings. The van der Waals surface area contributed by atoms with Crippen molar-refractivity contribution in [3.63, 3.8) is 0 Å². The zero-order chi connectivity index (χ0) is 0. The molecule has 0 amide bonds. The molecule has 0 N–H and O–H groups in total. The molecular weight excluding hydrogens is 179 g/mol. The Hall–Kier alpha value is 4.44. The minimum absolute atomic E-state index is 0. The molecule has 0 spiro atoms. The zero-order valence-electron chi connectivity index (χ0n) is 7.19. The van der Waals surface area contributed by atoms with E-state index in [1.807, 2.05) is 0 Å². The van der Waals surface area contributed by atoms with Crippen LogP contribution in [0.3, 0.4) is 0 Å². The summed E-state index contributed by atoms with van der Waals surface area (Å²) in [6, 6.07) is 0. The Kier molecular flexibility index (Phi) is 426. The summed E-state index contributed by atoms with van der Waals surface area (Å²) in [5.74, 6) is 0. The third-order valence-corrected chi connectivity index (χ3v) is 0. The van der Waals surface area contributed by atoms with E-state index in [4.69, 9.17) is 0 Å². The molecule has 2 nitrogen and oxygen atoms in total. The van der Waals surface area contributed by atoms with E-state index in [0.717, 1.165) is 0 Å². The average molecular weight is 181 g/mol. The zero-order valence-corrected chi connectivity index (χ0v) is 14.4. The fourth-order valence-electron chi connectivity index (χ4n) is 0. The monoisotopic (exact) mass is 181 g/mol. The van der Waals surface area contributed by atoms with Crippen LogP contribution >= 0.6 is 0 Å². The van der Waals surface area contributed by atoms with Crippen molar-refractivity contribution in [2.45, 2.75) is 0 Å². The summed E-state index contributed by atoms with van der Waals surface area (Å²) in [6.07, 6.45) is 0. The Balaban J connectivity index is 0. The van der Waals surface area contributed by atoms with Gasteiger partial charge in [-0.25, -0.2) is 0 Å². The van der Waals surface area contributed by atoms with E-state index in [-0.39, 0.29) is 149 Å². The van der Waals surface area contributed by atoms with Crippen LogP contribution in [0.5, 0.6) is 0 Å². The Bertz CT molecular complexity index is 16.5. The molecule has 0 unspecified atom stereocenters. The van der Waals surface area contributed by atoms with Gasteiger partial charge in [0.15, 0.2) is 0 Å². The molecule has 0 rings (SSSR count). The molecular formula is H2MnNa4O2. The van der Waals surface area contributed by atoms with Gasteiger partial charge < -0.3 is 13.8 Å². The smallest absolute Gasteiger partial charge is 2.00 e. The molecule has 0 aromatic carbocycles. The van der Waals surface area contributed by atoms with Gasteiger partial charge in [-0.2, -0.15) is 0 Å². The SMILES string of the molecule is [H-].[H-].[Mn+2].[Na+].[Na+].[Na+].[Na+].[O-2].[O-2]. The first-order chi connectivity index (χ1) is 0. The molecule has 1 radical (unpaired) electrons. The Morgan fingerprint density at radius 2 is 0.571 bits per heavy atom. The molecule has 0 saturated heterocycles. The van der Waals surface area contributed by atoms with Gasteiger partial charge in [0, 0.05) is 0 Å². The molecule has 0 fully saturated rings. The molecule has 0 bridgehead atoms. The van der Waals surface area contributed by atoms with E-state index in [2.05, 4.69) is 0 Å². The predicted octanol–water partition coefficient (Wildman–Crippen LogP) is -12.0. The summed E-state index contributed by atoms with van der Waals surface area (Å²) < 4.78 is 0. The molecule has 7 heteroatoms. The normalized spacial score (nSPS) is 0. The quantitative estimate of drug-likeness (QED) is 0.333. The maximum atomic E-state index is 0. The van der Waals surface area contributed by atoms with E-state index in [9.17, 15) is 0 Å². The number of rotatable bonds is 0. The number of hydrogen-bond acceptors (Lipinski definition) is 0. The van der Waals surface area contributed by atoms with Crippen molar-refractivity contribution in [1.82, 2.24) is 0 Å². The molecule has 0 aliphatic rings. The fourth-order valence-corrected chi connectivity index (χ4v) is 0. The van der Waals surface area contributed by atoms with Crippen LogP contribution in [0.1, 0.15) is 2.85 Å². The van der Waals surface area contributed by atoms with Gasteiger partial charge in [-0.05, 0) is 0 Å². The molecule has 0 atom stereocenters. The molecule has 0 aliphatic heterocycles. The minimum Gasteiger partial charge on any atom is -2.00 e. The van der Waals surface area contributed by atoms with Crippen molar-refractivity contribution in [2.75, 3.05) is 0 Å². The fraction of sp³-hybridized carbons (Fsp3) is 0. The topological polar surface area (TPSA) is 57.0 Å². The first-order valence-electron chi connectivity index (χ1n) is 0. The van der Waals surface area contributed by atoms with Gasteiger partial charge in [0.05, 0.1) is 0 Å². The van der Waals surface area contributed by atoms with Crippen LogP contribution in [0.25, 0.3) is 0 Å². The maximum absolute atomic E-state index is 0. The molecule has 0 heterocycles. The maximum Gasteiger partial charge on any atom is 2.00 e. The van der Waals surface area contributed by atoms with E-state index in [1.54, 1.807) is 0 Å². The summed E-state index contributed by atoms with van der Waals surface area (Å²) in [4.78, 5) is 0. The van der Waals surface area contributed by atoms with Crippen LogP contribution in [-0.2, 0) is 28.0 Å². The largest absolute Gasteiger partial charge is 2.00 e. The summed E-state index contributed by atoms with van der Waals surface area (Å²) in [6.45, 7) is 0. The van der Waals surface area contributed by atoms with Gasteiger partial charge in [0.1, 0.15) is 0 Å². The van der Waals surface area contributed by atoms with E-state index >= 15 is 0 Å². The van der Waals surface area contributed by atoms with Crippen LogP contribution in [-0.4, -0.2) is 0 Å². The van der Waals surface area contributed by atoms with Gasteiger partial charge in [-0.1, -0.05) is 0 Å². The summed E-state index contributed by atoms with van der Waals surface area (Å²) in [7, 11) is 0. The molecule has 25 valence electrons. The van der Waals surface area contributed by atoms with Crippen molar-refractivity contribution < 1.29 is 149 Å². The summed E-state index contributed by atoms with van der Waals surface area (Å²) >= 11 is 0. The minimum atomic E-state index is 0. The first-order valence-corrected chi connectivity index (χ1v) is 0. The first kappa shape index (κ1) is 63.3.